The fourth-order valence-corrected chi connectivity index (χ4v) is 1.44. The second-order valence-electron chi connectivity index (χ2n) is 3.11. The van der Waals surface area contributed by atoms with E-state index in [0.29, 0.717) is 0 Å². The maximum Gasteiger partial charge on any atom is 0.0326 e. The lowest BCUT2D eigenvalue weighted by Gasteiger charge is -1.96. The van der Waals surface area contributed by atoms with Crippen molar-refractivity contribution in [2.75, 3.05) is 0 Å². The van der Waals surface area contributed by atoms with E-state index in [-0.39, 0.29) is 0 Å². The van der Waals surface area contributed by atoms with E-state index in [9.17, 15) is 0 Å². The number of halogens is 1. The lowest BCUT2D eigenvalue weighted by molar-refractivity contribution is 1.50. The molecule has 0 radical (unpaired) electrons. The summed E-state index contributed by atoms with van der Waals surface area (Å²) >= 11 is 3.12. The molecule has 13 heavy (non-hydrogen) atoms. The quantitative estimate of drug-likeness (QED) is 0.650. The molecule has 1 aliphatic carbocycles. The molecule has 0 nitrogen and oxygen atoms in total. The van der Waals surface area contributed by atoms with Crippen LogP contribution in [0.15, 0.2) is 29.8 Å². The molecular weight excluding hydrogens is 224 g/mol. The minimum atomic E-state index is 1.10. The van der Waals surface area contributed by atoms with Crippen molar-refractivity contribution in [3.63, 3.8) is 0 Å². The summed E-state index contributed by atoms with van der Waals surface area (Å²) in [6, 6.07) is 8.22. The van der Waals surface area contributed by atoms with Gasteiger partial charge in [-0.25, -0.2) is 0 Å². The third-order valence-electron chi connectivity index (χ3n) is 2.04. The molecule has 1 heteroatoms. The predicted molar refractivity (Wildman–Crippen MR) is 59.5 cm³/mol. The molecule has 0 aliphatic heterocycles. The molecule has 0 saturated heterocycles. The maximum atomic E-state index is 3.12. The Labute approximate surface area is 86.8 Å². The topological polar surface area (TPSA) is 0 Å². The molecule has 1 aliphatic rings. The van der Waals surface area contributed by atoms with Crippen LogP contribution in [0.2, 0.25) is 0 Å². The fraction of sp³-hybridized carbons (Fsp3) is 0.167. The van der Waals surface area contributed by atoms with E-state index in [1.807, 2.05) is 18.2 Å². The van der Waals surface area contributed by atoms with Crippen LogP contribution in [0.1, 0.15) is 24.0 Å². The van der Waals surface area contributed by atoms with Crippen molar-refractivity contribution < 1.29 is 0 Å². The van der Waals surface area contributed by atoms with Crippen molar-refractivity contribution in [2.24, 2.45) is 0 Å². The lowest BCUT2D eigenvalue weighted by Crippen LogP contribution is -1.79. The van der Waals surface area contributed by atoms with Gasteiger partial charge >= 0.3 is 0 Å². The zero-order valence-electron chi connectivity index (χ0n) is 7.18. The summed E-state index contributed by atoms with van der Waals surface area (Å²) in [5, 5.41) is 0. The number of allylic oxidation sites excluding steroid dienone is 1. The van der Waals surface area contributed by atoms with Gasteiger partial charge in [0.05, 0.1) is 0 Å². The highest BCUT2D eigenvalue weighted by molar-refractivity contribution is 9.12. The van der Waals surface area contributed by atoms with Gasteiger partial charge in [0.2, 0.25) is 0 Å². The molecule has 0 unspecified atom stereocenters. The highest BCUT2D eigenvalue weighted by Crippen LogP contribution is 2.30. The standard InChI is InChI=1S/C12H9Br/c13-8-7-11-3-1-2-4-12(11)9-10-5-6-10/h1-4,9H,5-6H2. The largest absolute Gasteiger partial charge is 0.0689 e. The Morgan fingerprint density at radius 3 is 2.69 bits per heavy atom. The van der Waals surface area contributed by atoms with E-state index < -0.39 is 0 Å². The molecule has 0 amide bonds. The Kier molecular flexibility index (Phi) is 2.52. The molecule has 64 valence electrons. The normalized spacial score (nSPS) is 13.2. The molecule has 0 bridgehead atoms. The van der Waals surface area contributed by atoms with Crippen LogP contribution in [-0.2, 0) is 0 Å². The molecule has 1 saturated carbocycles. The van der Waals surface area contributed by atoms with Crippen LogP contribution in [0.4, 0.5) is 0 Å². The molecule has 1 aromatic carbocycles. The van der Waals surface area contributed by atoms with Gasteiger partial charge in [0.1, 0.15) is 0 Å². The van der Waals surface area contributed by atoms with Crippen molar-refractivity contribution in [3.05, 3.63) is 41.0 Å². The zero-order chi connectivity index (χ0) is 9.10. The zero-order valence-corrected chi connectivity index (χ0v) is 8.76. The SMILES string of the molecule is BrC#Cc1ccccc1C=C1CC1. The third-order valence-corrected chi connectivity index (χ3v) is 2.24. The summed E-state index contributed by atoms with van der Waals surface area (Å²) in [7, 11) is 0. The van der Waals surface area contributed by atoms with Gasteiger partial charge in [-0.2, -0.15) is 0 Å². The van der Waals surface area contributed by atoms with Crippen LogP contribution in [0.25, 0.3) is 6.08 Å². The van der Waals surface area contributed by atoms with Gasteiger partial charge in [0.25, 0.3) is 0 Å². The summed E-state index contributed by atoms with van der Waals surface area (Å²) in [4.78, 5) is 2.75. The van der Waals surface area contributed by atoms with Crippen molar-refractivity contribution >= 4 is 22.0 Å². The van der Waals surface area contributed by atoms with Gasteiger partial charge in [-0.15, -0.1) is 0 Å². The number of hydrogen-bond donors (Lipinski definition) is 0. The number of rotatable bonds is 1. The van der Waals surface area contributed by atoms with Gasteiger partial charge in [0, 0.05) is 21.5 Å². The summed E-state index contributed by atoms with van der Waals surface area (Å²) in [5.41, 5.74) is 3.87. The van der Waals surface area contributed by atoms with Crippen LogP contribution in [0.5, 0.6) is 0 Å². The first-order valence-electron chi connectivity index (χ1n) is 4.30. The minimum Gasteiger partial charge on any atom is -0.0689 e. The van der Waals surface area contributed by atoms with Gasteiger partial charge in [-0.1, -0.05) is 35.8 Å². The van der Waals surface area contributed by atoms with Gasteiger partial charge in [-0.3, -0.25) is 0 Å². The predicted octanol–water partition coefficient (Wildman–Crippen LogP) is 3.57. The van der Waals surface area contributed by atoms with E-state index in [0.717, 1.165) is 5.56 Å². The summed E-state index contributed by atoms with van der Waals surface area (Å²) in [6.45, 7) is 0. The first kappa shape index (κ1) is 8.59. The first-order valence-corrected chi connectivity index (χ1v) is 5.09. The summed E-state index contributed by atoms with van der Waals surface area (Å²) in [5.74, 6) is 3.03. The van der Waals surface area contributed by atoms with E-state index in [4.69, 9.17) is 0 Å². The van der Waals surface area contributed by atoms with Crippen LogP contribution < -0.4 is 0 Å². The highest BCUT2D eigenvalue weighted by atomic mass is 79.9. The lowest BCUT2D eigenvalue weighted by atomic mass is 10.1. The van der Waals surface area contributed by atoms with Gasteiger partial charge in [-0.05, 0) is 29.3 Å². The van der Waals surface area contributed by atoms with E-state index in [2.05, 4.69) is 38.8 Å². The Morgan fingerprint density at radius 2 is 2.00 bits per heavy atom. The molecule has 1 aromatic rings. The Bertz CT molecular complexity index is 399. The molecule has 2 rings (SSSR count). The molecule has 1 fully saturated rings. The van der Waals surface area contributed by atoms with E-state index in [1.165, 1.54) is 24.0 Å². The molecule has 0 spiro atoms. The smallest absolute Gasteiger partial charge is 0.0326 e. The average Bonchev–Trinajstić information content (AvgIpc) is 2.93. The molecule has 0 aromatic heterocycles. The Hall–Kier alpha value is -1.00. The van der Waals surface area contributed by atoms with Gasteiger partial charge < -0.3 is 0 Å². The van der Waals surface area contributed by atoms with Crippen LogP contribution >= 0.6 is 15.9 Å². The second-order valence-corrected chi connectivity index (χ2v) is 3.51. The maximum absolute atomic E-state index is 3.12. The van der Waals surface area contributed by atoms with Crippen molar-refractivity contribution in [2.45, 2.75) is 12.8 Å². The first-order chi connectivity index (χ1) is 6.40. The minimum absolute atomic E-state index is 1.10. The van der Waals surface area contributed by atoms with Crippen molar-refractivity contribution in [1.29, 1.82) is 0 Å². The molecule has 0 atom stereocenters. The average molecular weight is 233 g/mol. The third kappa shape index (κ3) is 2.23. The van der Waals surface area contributed by atoms with E-state index >= 15 is 0 Å². The molecular formula is C12H9Br. The van der Waals surface area contributed by atoms with Crippen LogP contribution in [0, 0.1) is 10.8 Å². The van der Waals surface area contributed by atoms with Crippen molar-refractivity contribution in [3.8, 4) is 10.8 Å². The monoisotopic (exact) mass is 232 g/mol. The Morgan fingerprint density at radius 1 is 1.23 bits per heavy atom. The van der Waals surface area contributed by atoms with Crippen LogP contribution in [-0.4, -0.2) is 0 Å². The van der Waals surface area contributed by atoms with Crippen molar-refractivity contribution in [1.82, 2.24) is 0 Å². The number of benzene rings is 1. The van der Waals surface area contributed by atoms with E-state index in [1.54, 1.807) is 0 Å². The van der Waals surface area contributed by atoms with Crippen LogP contribution in [0.3, 0.4) is 0 Å². The molecule has 0 heterocycles. The number of hydrogen-bond acceptors (Lipinski definition) is 0. The Balaban J connectivity index is 2.40. The fourth-order valence-electron chi connectivity index (χ4n) is 1.22. The van der Waals surface area contributed by atoms with Gasteiger partial charge in [0.15, 0.2) is 0 Å². The summed E-state index contributed by atoms with van der Waals surface area (Å²) < 4.78 is 0. The second kappa shape index (κ2) is 3.81. The highest BCUT2D eigenvalue weighted by Gasteiger charge is 2.10. The summed E-state index contributed by atoms with van der Waals surface area (Å²) in [6.07, 6.45) is 4.76. The molecule has 0 N–H and O–H groups in total.